The van der Waals surface area contributed by atoms with E-state index < -0.39 is 66.2 Å². The molecule has 0 aliphatic heterocycles. The first-order valence-electron chi connectivity index (χ1n) is 15.1. The van der Waals surface area contributed by atoms with E-state index in [0.717, 1.165) is 18.4 Å². The van der Waals surface area contributed by atoms with E-state index in [9.17, 15) is 24.0 Å². The number of carboxylic acid groups (broad SMARTS) is 2. The van der Waals surface area contributed by atoms with Gasteiger partial charge in [0.1, 0.15) is 42.1 Å². The molecule has 0 amide bonds. The van der Waals surface area contributed by atoms with Crippen LogP contribution in [0.1, 0.15) is 57.4 Å². The first kappa shape index (κ1) is 45.4. The minimum absolute atomic E-state index is 0.160. The van der Waals surface area contributed by atoms with Crippen LogP contribution in [0.25, 0.3) is 0 Å². The van der Waals surface area contributed by atoms with Gasteiger partial charge in [0.25, 0.3) is 0 Å². The highest BCUT2D eigenvalue weighted by Crippen LogP contribution is 2.11. The first-order chi connectivity index (χ1) is 22.0. The number of hydrogen-bond acceptors (Lipinski definition) is 16. The lowest BCUT2D eigenvalue weighted by Crippen LogP contribution is -2.45. The van der Waals surface area contributed by atoms with Crippen LogP contribution in [-0.4, -0.2) is 101 Å². The number of esters is 3. The molecule has 0 unspecified atom stereocenters. The number of unbranched alkanes of at least 4 members (excludes halogenated alkanes) is 1. The average molecular weight is 675 g/mol. The van der Waals surface area contributed by atoms with Gasteiger partial charge in [-0.25, -0.2) is 9.59 Å². The van der Waals surface area contributed by atoms with Crippen LogP contribution < -0.4 is 45.9 Å². The van der Waals surface area contributed by atoms with E-state index in [1.54, 1.807) is 12.1 Å². The average Bonchev–Trinajstić information content (AvgIpc) is 3.03. The van der Waals surface area contributed by atoms with Gasteiger partial charge >= 0.3 is 29.8 Å². The second-order valence-corrected chi connectivity index (χ2v) is 10.5. The van der Waals surface area contributed by atoms with Crippen LogP contribution in [0.15, 0.2) is 24.3 Å². The van der Waals surface area contributed by atoms with Crippen molar-refractivity contribution >= 4 is 29.8 Å². The highest BCUT2D eigenvalue weighted by molar-refractivity contribution is 5.90. The zero-order valence-corrected chi connectivity index (χ0v) is 26.9. The van der Waals surface area contributed by atoms with Crippen molar-refractivity contribution in [3.63, 3.8) is 0 Å². The van der Waals surface area contributed by atoms with Crippen molar-refractivity contribution in [2.75, 3.05) is 19.6 Å². The summed E-state index contributed by atoms with van der Waals surface area (Å²) >= 11 is 0. The van der Waals surface area contributed by atoms with Gasteiger partial charge in [0.2, 0.25) is 0 Å². The van der Waals surface area contributed by atoms with Crippen LogP contribution in [-0.2, 0) is 39.9 Å². The van der Waals surface area contributed by atoms with E-state index >= 15 is 0 Å². The quantitative estimate of drug-likeness (QED) is 0.0404. The molecule has 0 aliphatic carbocycles. The molecule has 0 spiro atoms. The molecule has 1 aromatic rings. The molecule has 0 aromatic heterocycles. The molecule has 0 aliphatic rings. The summed E-state index contributed by atoms with van der Waals surface area (Å²) in [5, 5.41) is 26.1. The van der Waals surface area contributed by atoms with Gasteiger partial charge in [-0.05, 0) is 89.2 Å². The summed E-state index contributed by atoms with van der Waals surface area (Å²) in [5.41, 5.74) is 43.9. The predicted octanol–water partition coefficient (Wildman–Crippen LogP) is -2.68. The number of benzene rings is 1. The molecular weight excluding hydrogens is 620 g/mol. The molecule has 0 bridgehead atoms. The van der Waals surface area contributed by atoms with Crippen molar-refractivity contribution in [2.24, 2.45) is 45.9 Å². The Kier molecular flexibility index (Phi) is 25.4. The van der Waals surface area contributed by atoms with Crippen LogP contribution in [0.3, 0.4) is 0 Å². The molecule has 0 fully saturated rings. The maximum absolute atomic E-state index is 11.4. The number of aliphatic carboxylic acids is 2. The molecular formula is C29H54N8O10. The third kappa shape index (κ3) is 22.4. The maximum atomic E-state index is 11.4. The molecule has 0 saturated carbocycles. The van der Waals surface area contributed by atoms with E-state index in [4.69, 9.17) is 65.9 Å². The summed E-state index contributed by atoms with van der Waals surface area (Å²) < 4.78 is 9.42. The largest absolute Gasteiger partial charge is 0.508 e. The number of nitrogens with two attached hydrogens (primary N) is 8. The van der Waals surface area contributed by atoms with Crippen molar-refractivity contribution in [1.29, 1.82) is 0 Å². The fourth-order valence-electron chi connectivity index (χ4n) is 3.31. The van der Waals surface area contributed by atoms with Gasteiger partial charge in [-0.1, -0.05) is 18.6 Å². The summed E-state index contributed by atoms with van der Waals surface area (Å²) in [6, 6.07) is 1.77. The van der Waals surface area contributed by atoms with Gasteiger partial charge in [-0.2, -0.15) is 0 Å². The van der Waals surface area contributed by atoms with E-state index in [2.05, 4.69) is 4.74 Å². The topological polar surface area (TPSA) is 373 Å². The number of ether oxygens (including phenoxy) is 2. The summed E-state index contributed by atoms with van der Waals surface area (Å²) in [6.45, 7) is 2.83. The van der Waals surface area contributed by atoms with Gasteiger partial charge in [0.15, 0.2) is 0 Å². The Morgan fingerprint density at radius 3 is 1.47 bits per heavy atom. The molecule has 18 heteroatoms. The molecule has 0 saturated heterocycles. The Balaban J connectivity index is 0. The predicted molar refractivity (Wildman–Crippen MR) is 173 cm³/mol. The Morgan fingerprint density at radius 1 is 0.638 bits per heavy atom. The normalized spacial score (nSPS) is 14.3. The number of carbonyl (C=O) groups excluding carboxylic acids is 3. The molecule has 6 atom stereocenters. The molecule has 47 heavy (non-hydrogen) atoms. The standard InChI is InChI=1S/C10H22N4O3.C10H21N3O4.C9H11NO3/c11-5-1-3-7(13)9(15)17-10(16)8(14)4-2-6-12;1-6(8(13)9(14)15)17-10(16)7(12)4-2-3-5-11;10-8(9(12)13)5-6-1-3-7(11)4-2-6/h7-8H,1-6,11-14H2;6-8H,2-5,11-13H2,1H3,(H,14,15);1-4,8,11H,5,10H2,(H,12,13)/t7-,8-;6-,7+,8+;8-/m010/s1. The number of phenolic OH excluding ortho intramolecular Hbond substituents is 1. The highest BCUT2D eigenvalue weighted by atomic mass is 16.6. The smallest absolute Gasteiger partial charge is 0.330 e. The van der Waals surface area contributed by atoms with Crippen LogP contribution in [0.2, 0.25) is 0 Å². The SMILES string of the molecule is C[C@@H](OC(=O)[C@@H](N)CCCCN)[C@H](N)C(=O)O.NCCC[C@H](N)C(=O)OC(=O)[C@@H](N)CCCN.N[C@@H](Cc1ccc(O)cc1)C(=O)O. The Hall–Kier alpha value is -3.75. The number of aromatic hydroxyl groups is 1. The molecule has 0 radical (unpaired) electrons. The van der Waals surface area contributed by atoms with E-state index in [-0.39, 0.29) is 12.2 Å². The number of carbonyl (C=O) groups is 5. The zero-order chi connectivity index (χ0) is 36.5. The van der Waals surface area contributed by atoms with Crippen LogP contribution >= 0.6 is 0 Å². The maximum Gasteiger partial charge on any atom is 0.330 e. The molecule has 19 N–H and O–H groups in total. The lowest BCUT2D eigenvalue weighted by Gasteiger charge is -2.19. The lowest BCUT2D eigenvalue weighted by atomic mass is 10.1. The third-order valence-electron chi connectivity index (χ3n) is 6.32. The van der Waals surface area contributed by atoms with Crippen molar-refractivity contribution in [1.82, 2.24) is 0 Å². The van der Waals surface area contributed by atoms with E-state index in [1.807, 2.05) is 0 Å². The fraction of sp³-hybridized carbons (Fsp3) is 0.621. The Labute approximate surface area is 274 Å². The molecule has 18 nitrogen and oxygen atoms in total. The van der Waals surface area contributed by atoms with Gasteiger partial charge < -0.3 is 70.7 Å². The lowest BCUT2D eigenvalue weighted by molar-refractivity contribution is -0.162. The van der Waals surface area contributed by atoms with Crippen LogP contribution in [0, 0.1) is 0 Å². The van der Waals surface area contributed by atoms with Crippen molar-refractivity contribution < 1.29 is 48.8 Å². The summed E-state index contributed by atoms with van der Waals surface area (Å²) in [7, 11) is 0. The second kappa shape index (κ2) is 26.3. The van der Waals surface area contributed by atoms with Crippen molar-refractivity contribution in [3.05, 3.63) is 29.8 Å². The fourth-order valence-corrected chi connectivity index (χ4v) is 3.31. The minimum atomic E-state index is -1.24. The van der Waals surface area contributed by atoms with E-state index in [1.165, 1.54) is 19.1 Å². The molecule has 1 aromatic carbocycles. The van der Waals surface area contributed by atoms with Gasteiger partial charge in [-0.3, -0.25) is 14.4 Å². The first-order valence-corrected chi connectivity index (χ1v) is 15.1. The summed E-state index contributed by atoms with van der Waals surface area (Å²) in [4.78, 5) is 55.1. The summed E-state index contributed by atoms with van der Waals surface area (Å²) in [5.74, 6) is -4.23. The molecule has 0 heterocycles. The molecule has 1 rings (SSSR count). The zero-order valence-electron chi connectivity index (χ0n) is 26.9. The van der Waals surface area contributed by atoms with Crippen LogP contribution in [0.5, 0.6) is 5.75 Å². The van der Waals surface area contributed by atoms with Gasteiger partial charge in [-0.15, -0.1) is 0 Å². The number of rotatable bonds is 19. The minimum Gasteiger partial charge on any atom is -0.508 e. The van der Waals surface area contributed by atoms with Crippen LogP contribution in [0.4, 0.5) is 0 Å². The number of carboxylic acids is 2. The Bertz CT molecular complexity index is 1040. The highest BCUT2D eigenvalue weighted by Gasteiger charge is 2.26. The van der Waals surface area contributed by atoms with Crippen molar-refractivity contribution in [3.8, 4) is 5.75 Å². The second-order valence-electron chi connectivity index (χ2n) is 10.5. The van der Waals surface area contributed by atoms with Gasteiger partial charge in [0.05, 0.1) is 0 Å². The number of hydrogen-bond donors (Lipinski definition) is 11. The van der Waals surface area contributed by atoms with Crippen molar-refractivity contribution in [2.45, 2.75) is 94.6 Å². The molecule has 270 valence electrons. The van der Waals surface area contributed by atoms with E-state index in [0.29, 0.717) is 51.7 Å². The van der Waals surface area contributed by atoms with Gasteiger partial charge in [0, 0.05) is 0 Å². The monoisotopic (exact) mass is 674 g/mol. The number of phenols is 1. The third-order valence-corrected chi connectivity index (χ3v) is 6.32. The Morgan fingerprint density at radius 2 is 1.06 bits per heavy atom. The summed E-state index contributed by atoms with van der Waals surface area (Å²) in [6.07, 6.45) is 3.33.